The molecule has 19 heavy (non-hydrogen) atoms. The number of nitrogens with one attached hydrogen (secondary N) is 1. The number of carbonyl (C=O) groups is 1. The van der Waals surface area contributed by atoms with E-state index >= 15 is 0 Å². The molecule has 4 N–H and O–H groups in total. The SMILES string of the molecule is CCCCCC(NC(=O)C(C)CCC(O)O)C(C)O. The van der Waals surface area contributed by atoms with Crippen LogP contribution in [0.25, 0.3) is 0 Å². The molecule has 0 bridgehead atoms. The Kier molecular flexibility index (Phi) is 9.83. The molecule has 5 nitrogen and oxygen atoms in total. The molecule has 0 aliphatic heterocycles. The number of rotatable bonds is 10. The highest BCUT2D eigenvalue weighted by Gasteiger charge is 2.21. The number of aliphatic hydroxyl groups excluding tert-OH is 2. The van der Waals surface area contributed by atoms with Crippen LogP contribution in [0.15, 0.2) is 0 Å². The molecule has 0 aliphatic carbocycles. The van der Waals surface area contributed by atoms with E-state index in [1.165, 1.54) is 0 Å². The summed E-state index contributed by atoms with van der Waals surface area (Å²) in [5.74, 6) is -0.419. The number of hydrogen-bond acceptors (Lipinski definition) is 4. The van der Waals surface area contributed by atoms with E-state index in [0.717, 1.165) is 25.7 Å². The van der Waals surface area contributed by atoms with Gasteiger partial charge < -0.3 is 20.6 Å². The van der Waals surface area contributed by atoms with Gasteiger partial charge in [-0.3, -0.25) is 4.79 Å². The lowest BCUT2D eigenvalue weighted by Gasteiger charge is -2.23. The van der Waals surface area contributed by atoms with E-state index in [1.54, 1.807) is 13.8 Å². The molecule has 3 atom stereocenters. The third kappa shape index (κ3) is 8.97. The van der Waals surface area contributed by atoms with Gasteiger partial charge in [0.25, 0.3) is 0 Å². The Morgan fingerprint density at radius 3 is 2.16 bits per heavy atom. The van der Waals surface area contributed by atoms with Crippen molar-refractivity contribution in [3.63, 3.8) is 0 Å². The molecule has 1 amide bonds. The van der Waals surface area contributed by atoms with Crippen molar-refractivity contribution in [2.75, 3.05) is 0 Å². The maximum atomic E-state index is 11.9. The Balaban J connectivity index is 4.14. The van der Waals surface area contributed by atoms with Gasteiger partial charge >= 0.3 is 0 Å². The van der Waals surface area contributed by atoms with Crippen molar-refractivity contribution in [2.45, 2.75) is 77.7 Å². The third-order valence-electron chi connectivity index (χ3n) is 3.33. The van der Waals surface area contributed by atoms with Crippen LogP contribution in [-0.2, 0) is 4.79 Å². The van der Waals surface area contributed by atoms with Gasteiger partial charge in [0, 0.05) is 5.92 Å². The molecule has 0 radical (unpaired) electrons. The highest BCUT2D eigenvalue weighted by Crippen LogP contribution is 2.11. The molecule has 0 saturated carbocycles. The summed E-state index contributed by atoms with van der Waals surface area (Å²) in [6.07, 6.45) is 2.61. The molecule has 0 aromatic rings. The minimum absolute atomic E-state index is 0.136. The van der Waals surface area contributed by atoms with Crippen molar-refractivity contribution in [1.82, 2.24) is 5.32 Å². The van der Waals surface area contributed by atoms with Gasteiger partial charge in [-0.2, -0.15) is 0 Å². The summed E-state index contributed by atoms with van der Waals surface area (Å²) in [5, 5.41) is 30.1. The summed E-state index contributed by atoms with van der Waals surface area (Å²) in [6, 6.07) is -0.222. The fraction of sp³-hybridized carbons (Fsp3) is 0.929. The normalized spacial score (nSPS) is 16.2. The van der Waals surface area contributed by atoms with Gasteiger partial charge in [0.1, 0.15) is 0 Å². The number of hydrogen-bond donors (Lipinski definition) is 4. The smallest absolute Gasteiger partial charge is 0.223 e. The van der Waals surface area contributed by atoms with Crippen molar-refractivity contribution in [1.29, 1.82) is 0 Å². The molecule has 0 rings (SSSR count). The van der Waals surface area contributed by atoms with Gasteiger partial charge in [-0.25, -0.2) is 0 Å². The van der Waals surface area contributed by atoms with E-state index in [9.17, 15) is 9.90 Å². The van der Waals surface area contributed by atoms with Gasteiger partial charge in [-0.15, -0.1) is 0 Å². The molecule has 0 fully saturated rings. The van der Waals surface area contributed by atoms with Crippen LogP contribution in [0.4, 0.5) is 0 Å². The number of unbranched alkanes of at least 4 members (excludes halogenated alkanes) is 2. The van der Waals surface area contributed by atoms with Gasteiger partial charge in [0.05, 0.1) is 12.1 Å². The maximum Gasteiger partial charge on any atom is 0.223 e. The molecule has 0 aliphatic rings. The van der Waals surface area contributed by atoms with E-state index < -0.39 is 12.4 Å². The maximum absolute atomic E-state index is 11.9. The van der Waals surface area contributed by atoms with E-state index in [4.69, 9.17) is 10.2 Å². The first-order valence-corrected chi connectivity index (χ1v) is 7.23. The molecular weight excluding hydrogens is 246 g/mol. The second kappa shape index (κ2) is 10.2. The molecule has 3 unspecified atom stereocenters. The molecular formula is C14H29NO4. The second-order valence-corrected chi connectivity index (χ2v) is 5.31. The first-order chi connectivity index (χ1) is 8.88. The predicted octanol–water partition coefficient (Wildman–Crippen LogP) is 1.16. The van der Waals surface area contributed by atoms with Crippen LogP contribution in [0.5, 0.6) is 0 Å². The molecule has 0 aromatic carbocycles. The van der Waals surface area contributed by atoms with Crippen LogP contribution in [0.3, 0.4) is 0 Å². The van der Waals surface area contributed by atoms with E-state index in [2.05, 4.69) is 12.2 Å². The first-order valence-electron chi connectivity index (χ1n) is 7.23. The Bertz CT molecular complexity index is 244. The molecule has 0 spiro atoms. The second-order valence-electron chi connectivity index (χ2n) is 5.31. The molecule has 114 valence electrons. The standard InChI is InChI=1S/C14H29NO4/c1-4-5-6-7-12(11(3)16)15-14(19)10(2)8-9-13(17)18/h10-13,16-18H,4-9H2,1-3H3,(H,15,19). The minimum Gasteiger partial charge on any atom is -0.391 e. The summed E-state index contributed by atoms with van der Waals surface area (Å²) < 4.78 is 0. The number of aliphatic hydroxyl groups is 3. The van der Waals surface area contributed by atoms with Crippen LogP contribution in [0.1, 0.15) is 59.3 Å². The Labute approximate surface area is 116 Å². The zero-order valence-corrected chi connectivity index (χ0v) is 12.3. The van der Waals surface area contributed by atoms with Crippen molar-refractivity contribution < 1.29 is 20.1 Å². The van der Waals surface area contributed by atoms with Crippen LogP contribution in [-0.4, -0.2) is 39.7 Å². The van der Waals surface area contributed by atoms with Crippen LogP contribution < -0.4 is 5.32 Å². The van der Waals surface area contributed by atoms with Crippen LogP contribution in [0, 0.1) is 5.92 Å². The molecule has 0 saturated heterocycles. The zero-order chi connectivity index (χ0) is 14.8. The fourth-order valence-electron chi connectivity index (χ4n) is 1.90. The lowest BCUT2D eigenvalue weighted by atomic mass is 10.0. The largest absolute Gasteiger partial charge is 0.391 e. The quantitative estimate of drug-likeness (QED) is 0.356. The Morgan fingerprint density at radius 1 is 1.05 bits per heavy atom. The topological polar surface area (TPSA) is 89.8 Å². The summed E-state index contributed by atoms with van der Waals surface area (Å²) in [5.41, 5.74) is 0. The molecule has 5 heteroatoms. The van der Waals surface area contributed by atoms with Gasteiger partial charge in [-0.05, 0) is 26.2 Å². The summed E-state index contributed by atoms with van der Waals surface area (Å²) in [6.45, 7) is 5.54. The Hall–Kier alpha value is -0.650. The fourth-order valence-corrected chi connectivity index (χ4v) is 1.90. The number of carbonyl (C=O) groups excluding carboxylic acids is 1. The van der Waals surface area contributed by atoms with Gasteiger partial charge in [0.2, 0.25) is 5.91 Å². The first kappa shape index (κ1) is 18.4. The van der Waals surface area contributed by atoms with Gasteiger partial charge in [0.15, 0.2) is 6.29 Å². The summed E-state index contributed by atoms with van der Waals surface area (Å²) >= 11 is 0. The highest BCUT2D eigenvalue weighted by atomic mass is 16.5. The lowest BCUT2D eigenvalue weighted by Crippen LogP contribution is -2.44. The van der Waals surface area contributed by atoms with Crippen molar-refractivity contribution in [3.05, 3.63) is 0 Å². The highest BCUT2D eigenvalue weighted by molar-refractivity contribution is 5.78. The average Bonchev–Trinajstić information content (AvgIpc) is 2.34. The number of amides is 1. The van der Waals surface area contributed by atoms with Crippen LogP contribution >= 0.6 is 0 Å². The average molecular weight is 275 g/mol. The predicted molar refractivity (Wildman–Crippen MR) is 74.4 cm³/mol. The zero-order valence-electron chi connectivity index (χ0n) is 12.3. The lowest BCUT2D eigenvalue weighted by molar-refractivity contribution is -0.127. The molecule has 0 heterocycles. The van der Waals surface area contributed by atoms with Crippen molar-refractivity contribution >= 4 is 5.91 Å². The van der Waals surface area contributed by atoms with Crippen LogP contribution in [0.2, 0.25) is 0 Å². The Morgan fingerprint density at radius 2 is 1.68 bits per heavy atom. The van der Waals surface area contributed by atoms with E-state index in [-0.39, 0.29) is 24.3 Å². The van der Waals surface area contributed by atoms with E-state index in [0.29, 0.717) is 6.42 Å². The third-order valence-corrected chi connectivity index (χ3v) is 3.33. The van der Waals surface area contributed by atoms with E-state index in [1.807, 2.05) is 0 Å². The monoisotopic (exact) mass is 275 g/mol. The minimum atomic E-state index is -1.37. The summed E-state index contributed by atoms with van der Waals surface area (Å²) in [7, 11) is 0. The summed E-state index contributed by atoms with van der Waals surface area (Å²) in [4.78, 5) is 11.9. The van der Waals surface area contributed by atoms with Gasteiger partial charge in [-0.1, -0.05) is 33.1 Å². The van der Waals surface area contributed by atoms with Crippen molar-refractivity contribution in [2.24, 2.45) is 5.92 Å². The molecule has 0 aromatic heterocycles. The van der Waals surface area contributed by atoms with Crippen molar-refractivity contribution in [3.8, 4) is 0 Å².